The van der Waals surface area contributed by atoms with Crippen LogP contribution in [0.25, 0.3) is 0 Å². The molecule has 34 heavy (non-hydrogen) atoms. The number of carbonyl (C=O) groups excluding carboxylic acids is 1. The summed E-state index contributed by atoms with van der Waals surface area (Å²) in [5.41, 5.74) is 8.29. The summed E-state index contributed by atoms with van der Waals surface area (Å²) >= 11 is 0. The number of esters is 1. The highest BCUT2D eigenvalue weighted by atomic mass is 16.5. The van der Waals surface area contributed by atoms with Crippen LogP contribution in [0.5, 0.6) is 17.2 Å². The summed E-state index contributed by atoms with van der Waals surface area (Å²) in [7, 11) is 4.37. The number of aryl methyl sites for hydroxylation is 1. The molecule has 1 aliphatic heterocycles. The number of aromatic nitrogens is 1. The first-order valence-electron chi connectivity index (χ1n) is 10.7. The molecule has 0 amide bonds. The third-order valence-corrected chi connectivity index (χ3v) is 5.95. The lowest BCUT2D eigenvalue weighted by Crippen LogP contribution is -2.35. The number of carbonyl (C=O) groups is 1. The van der Waals surface area contributed by atoms with Crippen LogP contribution in [-0.2, 0) is 16.1 Å². The Morgan fingerprint density at radius 1 is 1.03 bits per heavy atom. The minimum absolute atomic E-state index is 0.0456. The molecule has 4 rings (SSSR count). The number of pyridine rings is 1. The van der Waals surface area contributed by atoms with E-state index in [9.17, 15) is 9.59 Å². The second kappa shape index (κ2) is 9.35. The standard InChI is InChI=1S/C26H26N2O6/c1-15-13-20-22(25(29)28(15)14-16-9-5-7-11-18(16)31-2)21(17-10-6-8-12-19(17)32-3)23(24(27)34-20)26(30)33-4/h5-13,21H,14,27H2,1-4H3. The van der Waals surface area contributed by atoms with Gasteiger partial charge < -0.3 is 29.2 Å². The number of rotatable bonds is 6. The fraction of sp³-hybridized carbons (Fsp3) is 0.231. The largest absolute Gasteiger partial charge is 0.496 e. The summed E-state index contributed by atoms with van der Waals surface area (Å²) in [6, 6.07) is 16.4. The molecule has 8 heteroatoms. The summed E-state index contributed by atoms with van der Waals surface area (Å²) in [4.78, 5) is 26.8. The third-order valence-electron chi connectivity index (χ3n) is 5.95. The van der Waals surface area contributed by atoms with Gasteiger partial charge in [0, 0.05) is 22.9 Å². The monoisotopic (exact) mass is 462 g/mol. The molecule has 0 radical (unpaired) electrons. The Kier molecular flexibility index (Phi) is 6.32. The second-order valence-corrected chi connectivity index (χ2v) is 7.81. The first kappa shape index (κ1) is 23.0. The number of hydrogen-bond donors (Lipinski definition) is 1. The van der Waals surface area contributed by atoms with Crippen LogP contribution in [0, 0.1) is 6.92 Å². The van der Waals surface area contributed by atoms with E-state index < -0.39 is 11.9 Å². The first-order valence-corrected chi connectivity index (χ1v) is 10.7. The average molecular weight is 463 g/mol. The van der Waals surface area contributed by atoms with Crippen molar-refractivity contribution in [2.75, 3.05) is 21.3 Å². The predicted molar refractivity (Wildman–Crippen MR) is 126 cm³/mol. The van der Waals surface area contributed by atoms with Crippen molar-refractivity contribution in [2.24, 2.45) is 5.73 Å². The fourth-order valence-electron chi connectivity index (χ4n) is 4.31. The molecule has 0 bridgehead atoms. The Hall–Kier alpha value is -4.20. The summed E-state index contributed by atoms with van der Waals surface area (Å²) in [6.07, 6.45) is 0. The summed E-state index contributed by atoms with van der Waals surface area (Å²) in [5, 5.41) is 0. The molecule has 0 saturated heterocycles. The smallest absolute Gasteiger partial charge is 0.340 e. The lowest BCUT2D eigenvalue weighted by atomic mass is 9.83. The molecule has 1 aromatic heterocycles. The van der Waals surface area contributed by atoms with Crippen molar-refractivity contribution in [1.29, 1.82) is 0 Å². The molecule has 1 unspecified atom stereocenters. The van der Waals surface area contributed by atoms with Crippen molar-refractivity contribution >= 4 is 5.97 Å². The molecule has 2 heterocycles. The van der Waals surface area contributed by atoms with E-state index in [2.05, 4.69) is 0 Å². The molecule has 0 aliphatic carbocycles. The maximum Gasteiger partial charge on any atom is 0.340 e. The minimum atomic E-state index is -0.843. The SMILES string of the molecule is COC(=O)C1=C(N)Oc2cc(C)n(Cc3ccccc3OC)c(=O)c2C1c1ccccc1OC. The van der Waals surface area contributed by atoms with Crippen LogP contribution in [-0.4, -0.2) is 31.9 Å². The maximum absolute atomic E-state index is 14.0. The molecular weight excluding hydrogens is 436 g/mol. The highest BCUT2D eigenvalue weighted by molar-refractivity contribution is 5.92. The van der Waals surface area contributed by atoms with Gasteiger partial charge in [-0.15, -0.1) is 0 Å². The van der Waals surface area contributed by atoms with Crippen LogP contribution in [0.15, 0.2) is 70.8 Å². The summed E-state index contributed by atoms with van der Waals surface area (Å²) in [6.45, 7) is 2.08. The minimum Gasteiger partial charge on any atom is -0.496 e. The molecule has 0 spiro atoms. The second-order valence-electron chi connectivity index (χ2n) is 7.81. The summed E-state index contributed by atoms with van der Waals surface area (Å²) in [5.74, 6) is -0.176. The van der Waals surface area contributed by atoms with Crippen molar-refractivity contribution in [3.05, 3.63) is 98.8 Å². The van der Waals surface area contributed by atoms with E-state index in [-0.39, 0.29) is 29.1 Å². The number of benzene rings is 2. The van der Waals surface area contributed by atoms with Gasteiger partial charge in [-0.2, -0.15) is 0 Å². The van der Waals surface area contributed by atoms with Gasteiger partial charge in [0.05, 0.1) is 39.4 Å². The van der Waals surface area contributed by atoms with E-state index in [1.165, 1.54) is 14.2 Å². The van der Waals surface area contributed by atoms with Gasteiger partial charge in [0.25, 0.3) is 5.56 Å². The van der Waals surface area contributed by atoms with Crippen molar-refractivity contribution in [3.63, 3.8) is 0 Å². The highest BCUT2D eigenvalue weighted by Gasteiger charge is 2.39. The maximum atomic E-state index is 14.0. The summed E-state index contributed by atoms with van der Waals surface area (Å²) < 4.78 is 23.4. The number of fused-ring (bicyclic) bond motifs is 1. The van der Waals surface area contributed by atoms with Gasteiger partial charge in [0.1, 0.15) is 22.8 Å². The lowest BCUT2D eigenvalue weighted by molar-refractivity contribution is -0.136. The normalized spacial score (nSPS) is 14.8. The molecule has 1 atom stereocenters. The lowest BCUT2D eigenvalue weighted by Gasteiger charge is -2.29. The van der Waals surface area contributed by atoms with Gasteiger partial charge in [-0.05, 0) is 19.1 Å². The number of methoxy groups -OCH3 is 3. The van der Waals surface area contributed by atoms with E-state index in [1.807, 2.05) is 37.3 Å². The zero-order chi connectivity index (χ0) is 24.4. The Balaban J connectivity index is 1.98. The van der Waals surface area contributed by atoms with Crippen LogP contribution >= 0.6 is 0 Å². The molecular formula is C26H26N2O6. The molecule has 0 fully saturated rings. The van der Waals surface area contributed by atoms with Gasteiger partial charge in [-0.1, -0.05) is 36.4 Å². The molecule has 0 saturated carbocycles. The molecule has 176 valence electrons. The Morgan fingerprint density at radius 2 is 1.68 bits per heavy atom. The number of hydrogen-bond acceptors (Lipinski definition) is 7. The van der Waals surface area contributed by atoms with Gasteiger partial charge >= 0.3 is 5.97 Å². The molecule has 8 nitrogen and oxygen atoms in total. The number of ether oxygens (including phenoxy) is 4. The zero-order valence-corrected chi connectivity index (χ0v) is 19.5. The first-order chi connectivity index (χ1) is 16.4. The van der Waals surface area contributed by atoms with Gasteiger partial charge in [0.2, 0.25) is 5.88 Å². The van der Waals surface area contributed by atoms with Crippen molar-refractivity contribution < 1.29 is 23.7 Å². The van der Waals surface area contributed by atoms with Crippen LogP contribution in [0.4, 0.5) is 0 Å². The molecule has 2 aromatic carbocycles. The Morgan fingerprint density at radius 3 is 2.35 bits per heavy atom. The van der Waals surface area contributed by atoms with Crippen molar-refractivity contribution in [1.82, 2.24) is 4.57 Å². The van der Waals surface area contributed by atoms with E-state index in [0.29, 0.717) is 28.5 Å². The Labute approximate surface area is 197 Å². The number of para-hydroxylation sites is 2. The average Bonchev–Trinajstić information content (AvgIpc) is 2.85. The fourth-order valence-corrected chi connectivity index (χ4v) is 4.31. The van der Waals surface area contributed by atoms with E-state index in [0.717, 1.165) is 5.56 Å². The van der Waals surface area contributed by atoms with Crippen LogP contribution in [0.1, 0.15) is 28.3 Å². The van der Waals surface area contributed by atoms with Crippen LogP contribution in [0.3, 0.4) is 0 Å². The quantitative estimate of drug-likeness (QED) is 0.562. The Bertz CT molecular complexity index is 1340. The van der Waals surface area contributed by atoms with Gasteiger partial charge in [-0.3, -0.25) is 4.79 Å². The number of nitrogens with two attached hydrogens (primary N) is 1. The third kappa shape index (κ3) is 3.87. The molecule has 3 aromatic rings. The number of nitrogens with zero attached hydrogens (tertiary/aromatic N) is 1. The van der Waals surface area contributed by atoms with E-state index >= 15 is 0 Å². The molecule has 1 aliphatic rings. The van der Waals surface area contributed by atoms with Crippen LogP contribution < -0.4 is 25.5 Å². The van der Waals surface area contributed by atoms with Gasteiger partial charge in [0.15, 0.2) is 0 Å². The van der Waals surface area contributed by atoms with E-state index in [1.54, 1.807) is 35.9 Å². The van der Waals surface area contributed by atoms with Gasteiger partial charge in [-0.25, -0.2) is 4.79 Å². The predicted octanol–water partition coefficient (Wildman–Crippen LogP) is 3.09. The van der Waals surface area contributed by atoms with Crippen molar-refractivity contribution in [2.45, 2.75) is 19.4 Å². The topological polar surface area (TPSA) is 102 Å². The molecule has 2 N–H and O–H groups in total. The highest BCUT2D eigenvalue weighted by Crippen LogP contribution is 2.44. The van der Waals surface area contributed by atoms with E-state index in [4.69, 9.17) is 24.7 Å². The zero-order valence-electron chi connectivity index (χ0n) is 19.5. The van der Waals surface area contributed by atoms with Crippen LogP contribution in [0.2, 0.25) is 0 Å². The van der Waals surface area contributed by atoms with Crippen molar-refractivity contribution in [3.8, 4) is 17.2 Å².